The molecule has 0 heterocycles. The fourth-order valence-electron chi connectivity index (χ4n) is 0.857. The highest BCUT2D eigenvalue weighted by Crippen LogP contribution is 2.15. The van der Waals surface area contributed by atoms with E-state index < -0.39 is 6.03 Å². The highest BCUT2D eigenvalue weighted by molar-refractivity contribution is 5.75. The SMILES string of the molecule is N=C(N)N=Nc1ccc(NNC(N)=O)cc1. The molecule has 0 radical (unpaired) electrons. The van der Waals surface area contributed by atoms with Crippen molar-refractivity contribution in [3.05, 3.63) is 24.3 Å². The molecular formula is C8H11N7O. The van der Waals surface area contributed by atoms with Crippen LogP contribution in [-0.4, -0.2) is 12.0 Å². The largest absolute Gasteiger partial charge is 0.367 e. The Bertz CT molecular complexity index is 411. The number of rotatable bonds is 3. The second-order valence-corrected chi connectivity index (χ2v) is 2.75. The Balaban J connectivity index is 2.60. The molecule has 0 fully saturated rings. The number of hydrazine groups is 1. The van der Waals surface area contributed by atoms with E-state index in [1.165, 1.54) is 0 Å². The Morgan fingerprint density at radius 1 is 1.25 bits per heavy atom. The van der Waals surface area contributed by atoms with Crippen molar-refractivity contribution in [3.8, 4) is 0 Å². The molecule has 0 aliphatic carbocycles. The molecule has 0 aliphatic heterocycles. The Hall–Kier alpha value is -2.64. The van der Waals surface area contributed by atoms with Gasteiger partial charge in [0, 0.05) is 0 Å². The molecular weight excluding hydrogens is 210 g/mol. The molecule has 0 saturated carbocycles. The smallest absolute Gasteiger partial charge is 0.330 e. The normalized spacial score (nSPS) is 10.0. The summed E-state index contributed by atoms with van der Waals surface area (Å²) in [6.07, 6.45) is 0. The van der Waals surface area contributed by atoms with Crippen molar-refractivity contribution in [2.24, 2.45) is 21.7 Å². The average molecular weight is 221 g/mol. The molecule has 0 aromatic heterocycles. The second kappa shape index (κ2) is 5.29. The van der Waals surface area contributed by atoms with Crippen LogP contribution in [-0.2, 0) is 0 Å². The summed E-state index contributed by atoms with van der Waals surface area (Å²) in [6, 6.07) is 5.91. The first-order valence-electron chi connectivity index (χ1n) is 4.25. The van der Waals surface area contributed by atoms with Crippen LogP contribution in [0.15, 0.2) is 34.5 Å². The summed E-state index contributed by atoms with van der Waals surface area (Å²) in [6.45, 7) is 0. The number of benzene rings is 1. The molecule has 0 atom stereocenters. The lowest BCUT2D eigenvalue weighted by atomic mass is 10.3. The third kappa shape index (κ3) is 4.05. The molecule has 8 heteroatoms. The van der Waals surface area contributed by atoms with Gasteiger partial charge in [-0.3, -0.25) is 16.3 Å². The highest BCUT2D eigenvalue weighted by Gasteiger charge is 1.94. The monoisotopic (exact) mass is 221 g/mol. The van der Waals surface area contributed by atoms with Crippen LogP contribution in [0, 0.1) is 5.41 Å². The van der Waals surface area contributed by atoms with E-state index >= 15 is 0 Å². The van der Waals surface area contributed by atoms with Gasteiger partial charge in [-0.2, -0.15) is 0 Å². The summed E-state index contributed by atoms with van der Waals surface area (Å²) in [5.74, 6) is -0.363. The molecule has 16 heavy (non-hydrogen) atoms. The summed E-state index contributed by atoms with van der Waals surface area (Å²) in [7, 11) is 0. The van der Waals surface area contributed by atoms with Gasteiger partial charge in [-0.15, -0.1) is 10.2 Å². The number of carbonyl (C=O) groups is 1. The van der Waals surface area contributed by atoms with E-state index in [1.54, 1.807) is 24.3 Å². The van der Waals surface area contributed by atoms with Crippen molar-refractivity contribution in [2.45, 2.75) is 0 Å². The molecule has 1 aromatic carbocycles. The lowest BCUT2D eigenvalue weighted by molar-refractivity contribution is 0.250. The Morgan fingerprint density at radius 2 is 1.88 bits per heavy atom. The van der Waals surface area contributed by atoms with Crippen LogP contribution in [0.1, 0.15) is 0 Å². The molecule has 2 amide bonds. The zero-order chi connectivity index (χ0) is 12.0. The number of amides is 2. The third-order valence-corrected chi connectivity index (χ3v) is 1.47. The fourth-order valence-corrected chi connectivity index (χ4v) is 0.857. The van der Waals surface area contributed by atoms with Gasteiger partial charge in [-0.1, -0.05) is 0 Å². The lowest BCUT2D eigenvalue weighted by Gasteiger charge is -2.05. The summed E-state index contributed by atoms with van der Waals surface area (Å²) in [5.41, 5.74) is 15.8. The summed E-state index contributed by atoms with van der Waals surface area (Å²) < 4.78 is 0. The van der Waals surface area contributed by atoms with Gasteiger partial charge in [0.25, 0.3) is 0 Å². The van der Waals surface area contributed by atoms with Gasteiger partial charge in [-0.05, 0) is 24.3 Å². The first-order valence-corrected chi connectivity index (χ1v) is 4.25. The molecule has 7 N–H and O–H groups in total. The minimum atomic E-state index is -0.680. The molecule has 0 aliphatic rings. The molecule has 1 aromatic rings. The van der Waals surface area contributed by atoms with Crippen molar-refractivity contribution in [3.63, 3.8) is 0 Å². The number of nitrogens with zero attached hydrogens (tertiary/aromatic N) is 2. The van der Waals surface area contributed by atoms with E-state index in [0.717, 1.165) is 0 Å². The zero-order valence-corrected chi connectivity index (χ0v) is 8.27. The maximum atomic E-state index is 10.4. The number of anilines is 1. The van der Waals surface area contributed by atoms with Crippen LogP contribution in [0.25, 0.3) is 0 Å². The number of guanidine groups is 1. The third-order valence-electron chi connectivity index (χ3n) is 1.47. The van der Waals surface area contributed by atoms with Crippen LogP contribution in [0.5, 0.6) is 0 Å². The van der Waals surface area contributed by atoms with Gasteiger partial charge < -0.3 is 11.5 Å². The number of primary amides is 1. The molecule has 1 rings (SSSR count). The predicted octanol–water partition coefficient (Wildman–Crippen LogP) is 0.659. The number of nitrogens with one attached hydrogen (secondary N) is 3. The topological polar surface area (TPSA) is 142 Å². The van der Waals surface area contributed by atoms with Crippen LogP contribution in [0.4, 0.5) is 16.2 Å². The van der Waals surface area contributed by atoms with E-state index in [0.29, 0.717) is 11.4 Å². The van der Waals surface area contributed by atoms with Gasteiger partial charge in [0.15, 0.2) is 0 Å². The number of carbonyl (C=O) groups excluding carboxylic acids is 1. The number of hydrogen-bond donors (Lipinski definition) is 5. The van der Waals surface area contributed by atoms with Crippen LogP contribution >= 0.6 is 0 Å². The van der Waals surface area contributed by atoms with Crippen molar-refractivity contribution < 1.29 is 4.79 Å². The first kappa shape index (κ1) is 11.4. The molecule has 0 saturated heterocycles. The van der Waals surface area contributed by atoms with Gasteiger partial charge in [0.1, 0.15) is 0 Å². The van der Waals surface area contributed by atoms with E-state index in [9.17, 15) is 4.79 Å². The Labute approximate surface area is 91.2 Å². The molecule has 84 valence electrons. The van der Waals surface area contributed by atoms with Gasteiger partial charge >= 0.3 is 6.03 Å². The van der Waals surface area contributed by atoms with Crippen LogP contribution < -0.4 is 22.3 Å². The molecule has 8 nitrogen and oxygen atoms in total. The van der Waals surface area contributed by atoms with E-state index in [2.05, 4.69) is 21.1 Å². The standard InChI is InChI=1S/C8H11N7O/c9-7(10)14-12-5-1-3-6(4-2-5)13-15-8(11)16/h1-4,13H,(H3,9,10)(H3,11,15,16). The van der Waals surface area contributed by atoms with E-state index in [4.69, 9.17) is 16.9 Å². The fraction of sp³-hybridized carbons (Fsp3) is 0. The van der Waals surface area contributed by atoms with Crippen LogP contribution in [0.3, 0.4) is 0 Å². The second-order valence-electron chi connectivity index (χ2n) is 2.75. The zero-order valence-electron chi connectivity index (χ0n) is 8.27. The van der Waals surface area contributed by atoms with E-state index in [1.807, 2.05) is 0 Å². The first-order chi connectivity index (χ1) is 7.58. The number of urea groups is 1. The maximum absolute atomic E-state index is 10.4. The summed E-state index contributed by atoms with van der Waals surface area (Å²) in [4.78, 5) is 10.4. The van der Waals surface area contributed by atoms with Crippen molar-refractivity contribution >= 4 is 23.4 Å². The van der Waals surface area contributed by atoms with Gasteiger partial charge in [0.05, 0.1) is 11.4 Å². The summed E-state index contributed by atoms with van der Waals surface area (Å²) in [5, 5.41) is 13.9. The molecule has 0 unspecified atom stereocenters. The highest BCUT2D eigenvalue weighted by atomic mass is 16.2. The summed E-state index contributed by atoms with van der Waals surface area (Å²) >= 11 is 0. The maximum Gasteiger partial charge on any atom is 0.330 e. The lowest BCUT2D eigenvalue weighted by Crippen LogP contribution is -2.34. The quantitative estimate of drug-likeness (QED) is 0.221. The number of hydrogen-bond acceptors (Lipinski definition) is 4. The van der Waals surface area contributed by atoms with E-state index in [-0.39, 0.29) is 5.96 Å². The minimum absolute atomic E-state index is 0.363. The Morgan fingerprint density at radius 3 is 2.38 bits per heavy atom. The van der Waals surface area contributed by atoms with Crippen molar-refractivity contribution in [2.75, 3.05) is 5.43 Å². The van der Waals surface area contributed by atoms with Crippen molar-refractivity contribution in [1.29, 1.82) is 5.41 Å². The van der Waals surface area contributed by atoms with Gasteiger partial charge in [-0.25, -0.2) is 4.79 Å². The predicted molar refractivity (Wildman–Crippen MR) is 59.2 cm³/mol. The molecule has 0 spiro atoms. The molecule has 0 bridgehead atoms. The average Bonchev–Trinajstić information content (AvgIpc) is 2.25. The van der Waals surface area contributed by atoms with Crippen molar-refractivity contribution in [1.82, 2.24) is 5.43 Å². The number of nitrogens with two attached hydrogens (primary N) is 2. The Kier molecular flexibility index (Phi) is 3.78. The van der Waals surface area contributed by atoms with Gasteiger partial charge in [0.2, 0.25) is 5.96 Å². The minimum Gasteiger partial charge on any atom is -0.367 e. The number of azo groups is 1. The van der Waals surface area contributed by atoms with Crippen LogP contribution in [0.2, 0.25) is 0 Å².